The van der Waals surface area contributed by atoms with Crippen molar-refractivity contribution in [1.29, 1.82) is 0 Å². The molecule has 0 aliphatic rings. The molecule has 0 saturated carbocycles. The molecule has 0 amide bonds. The molecule has 0 bridgehead atoms. The SMILES string of the molecule is COCOc1cc[c-]cc1.[Li+]. The van der Waals surface area contributed by atoms with Gasteiger partial charge in [0.15, 0.2) is 6.79 Å². The summed E-state index contributed by atoms with van der Waals surface area (Å²) in [6.45, 7) is 0.296. The number of hydrogen-bond acceptors (Lipinski definition) is 2. The van der Waals surface area contributed by atoms with Crippen LogP contribution in [0.4, 0.5) is 0 Å². The van der Waals surface area contributed by atoms with Gasteiger partial charge in [0.2, 0.25) is 0 Å². The van der Waals surface area contributed by atoms with Gasteiger partial charge in [-0.15, -0.1) is 12.1 Å². The van der Waals surface area contributed by atoms with E-state index in [-0.39, 0.29) is 18.9 Å². The first kappa shape index (κ1) is 10.6. The molecular weight excluding hydrogens is 135 g/mol. The Labute approximate surface area is 78.7 Å². The molecule has 0 aliphatic carbocycles. The maximum atomic E-state index is 5.11. The Kier molecular flexibility index (Phi) is 6.06. The van der Waals surface area contributed by atoms with E-state index >= 15 is 0 Å². The van der Waals surface area contributed by atoms with Crippen molar-refractivity contribution in [1.82, 2.24) is 0 Å². The van der Waals surface area contributed by atoms with Crippen LogP contribution in [0.2, 0.25) is 0 Å². The van der Waals surface area contributed by atoms with E-state index in [9.17, 15) is 0 Å². The molecule has 2 nitrogen and oxygen atoms in total. The summed E-state index contributed by atoms with van der Waals surface area (Å²) in [7, 11) is 1.59. The molecule has 0 aromatic heterocycles. The van der Waals surface area contributed by atoms with Gasteiger partial charge in [0.1, 0.15) is 0 Å². The zero-order valence-electron chi connectivity index (χ0n) is 6.83. The Balaban J connectivity index is 0.000001000. The van der Waals surface area contributed by atoms with Crippen LogP contribution in [0, 0.1) is 6.07 Å². The average molecular weight is 144 g/mol. The maximum absolute atomic E-state index is 5.11. The summed E-state index contributed by atoms with van der Waals surface area (Å²) in [5.74, 6) is 0.806. The summed E-state index contributed by atoms with van der Waals surface area (Å²) in [6.07, 6.45) is 0. The van der Waals surface area contributed by atoms with Crippen molar-refractivity contribution >= 4 is 0 Å². The fourth-order valence-electron chi connectivity index (χ4n) is 0.595. The van der Waals surface area contributed by atoms with E-state index in [1.807, 2.05) is 12.1 Å². The van der Waals surface area contributed by atoms with Gasteiger partial charge in [0.05, 0.1) is 0 Å². The number of hydrogen-bond donors (Lipinski definition) is 0. The first-order chi connectivity index (χ1) is 4.93. The van der Waals surface area contributed by atoms with Crippen LogP contribution in [0.15, 0.2) is 24.3 Å². The minimum absolute atomic E-state index is 0. The molecule has 1 rings (SSSR count). The van der Waals surface area contributed by atoms with Crippen LogP contribution in [0.25, 0.3) is 0 Å². The standard InChI is InChI=1S/C8H9O2.Li/c1-9-7-10-8-5-3-2-4-6-8;/h3-6H,7H2,1H3;/q-1;+1. The van der Waals surface area contributed by atoms with Gasteiger partial charge in [0, 0.05) is 12.9 Å². The zero-order chi connectivity index (χ0) is 7.23. The van der Waals surface area contributed by atoms with Crippen molar-refractivity contribution in [2.24, 2.45) is 0 Å². The Morgan fingerprint density at radius 1 is 1.36 bits per heavy atom. The van der Waals surface area contributed by atoms with Gasteiger partial charge in [-0.2, -0.15) is 18.2 Å². The molecule has 0 N–H and O–H groups in total. The van der Waals surface area contributed by atoms with E-state index in [1.165, 1.54) is 0 Å². The predicted octanol–water partition coefficient (Wildman–Crippen LogP) is -1.53. The van der Waals surface area contributed by atoms with Gasteiger partial charge in [-0.05, 0) is 0 Å². The first-order valence-corrected chi connectivity index (χ1v) is 3.01. The number of ether oxygens (including phenoxy) is 2. The summed E-state index contributed by atoms with van der Waals surface area (Å²) < 4.78 is 9.83. The third-order valence-corrected chi connectivity index (χ3v) is 1.03. The van der Waals surface area contributed by atoms with Crippen molar-refractivity contribution < 1.29 is 28.3 Å². The van der Waals surface area contributed by atoms with E-state index in [2.05, 4.69) is 6.07 Å². The summed E-state index contributed by atoms with van der Waals surface area (Å²) in [5, 5.41) is 0. The normalized spacial score (nSPS) is 8.45. The van der Waals surface area contributed by atoms with Gasteiger partial charge in [0.25, 0.3) is 0 Å². The summed E-state index contributed by atoms with van der Waals surface area (Å²) >= 11 is 0. The minimum atomic E-state index is 0. The second-order valence-corrected chi connectivity index (χ2v) is 1.79. The number of rotatable bonds is 3. The van der Waals surface area contributed by atoms with E-state index in [0.717, 1.165) is 5.75 Å². The second-order valence-electron chi connectivity index (χ2n) is 1.79. The minimum Gasteiger partial charge on any atom is -0.493 e. The van der Waals surface area contributed by atoms with Gasteiger partial charge < -0.3 is 9.47 Å². The zero-order valence-corrected chi connectivity index (χ0v) is 6.83. The molecule has 0 spiro atoms. The Morgan fingerprint density at radius 2 is 2.00 bits per heavy atom. The summed E-state index contributed by atoms with van der Waals surface area (Å²) in [4.78, 5) is 0. The molecule has 0 saturated heterocycles. The van der Waals surface area contributed by atoms with E-state index in [4.69, 9.17) is 9.47 Å². The summed E-state index contributed by atoms with van der Waals surface area (Å²) in [5.41, 5.74) is 0. The third-order valence-electron chi connectivity index (χ3n) is 1.03. The Bertz CT molecular complexity index is 177. The molecule has 0 unspecified atom stereocenters. The topological polar surface area (TPSA) is 18.5 Å². The van der Waals surface area contributed by atoms with Crippen LogP contribution in [0.3, 0.4) is 0 Å². The van der Waals surface area contributed by atoms with E-state index in [0.29, 0.717) is 6.79 Å². The van der Waals surface area contributed by atoms with E-state index in [1.54, 1.807) is 19.2 Å². The fraction of sp³-hybridized carbons (Fsp3) is 0.250. The molecule has 54 valence electrons. The van der Waals surface area contributed by atoms with Crippen LogP contribution in [-0.2, 0) is 4.74 Å². The molecule has 1 aromatic rings. The molecule has 0 heterocycles. The van der Waals surface area contributed by atoms with Crippen LogP contribution in [0.1, 0.15) is 0 Å². The fourth-order valence-corrected chi connectivity index (χ4v) is 0.595. The van der Waals surface area contributed by atoms with Crippen molar-refractivity contribution in [3.8, 4) is 5.75 Å². The largest absolute Gasteiger partial charge is 1.00 e. The Morgan fingerprint density at radius 3 is 2.55 bits per heavy atom. The number of benzene rings is 1. The van der Waals surface area contributed by atoms with Gasteiger partial charge in [-0.3, -0.25) is 0 Å². The molecule has 0 atom stereocenters. The molecule has 0 fully saturated rings. The van der Waals surface area contributed by atoms with Crippen molar-refractivity contribution in [3.05, 3.63) is 30.3 Å². The quantitative estimate of drug-likeness (QED) is 0.291. The van der Waals surface area contributed by atoms with Gasteiger partial charge in [-0.25, -0.2) is 0 Å². The molecular formula is C8H9LiO2. The molecule has 1 aromatic carbocycles. The van der Waals surface area contributed by atoms with Crippen molar-refractivity contribution in [3.63, 3.8) is 0 Å². The monoisotopic (exact) mass is 144 g/mol. The molecule has 3 heteroatoms. The van der Waals surface area contributed by atoms with Crippen molar-refractivity contribution in [2.75, 3.05) is 13.9 Å². The molecule has 0 radical (unpaired) electrons. The average Bonchev–Trinajstić information content (AvgIpc) is 2.03. The summed E-state index contributed by atoms with van der Waals surface area (Å²) in [6, 6.07) is 10.1. The van der Waals surface area contributed by atoms with Gasteiger partial charge >= 0.3 is 18.9 Å². The van der Waals surface area contributed by atoms with Crippen LogP contribution in [0.5, 0.6) is 5.75 Å². The maximum Gasteiger partial charge on any atom is 1.00 e. The number of methoxy groups -OCH3 is 1. The van der Waals surface area contributed by atoms with Crippen molar-refractivity contribution in [2.45, 2.75) is 0 Å². The third kappa shape index (κ3) is 4.10. The smallest absolute Gasteiger partial charge is 0.493 e. The first-order valence-electron chi connectivity index (χ1n) is 3.01. The predicted molar refractivity (Wildman–Crippen MR) is 37.8 cm³/mol. The molecule has 11 heavy (non-hydrogen) atoms. The molecule has 0 aliphatic heterocycles. The van der Waals surface area contributed by atoms with Crippen LogP contribution >= 0.6 is 0 Å². The van der Waals surface area contributed by atoms with Crippen LogP contribution < -0.4 is 23.6 Å². The van der Waals surface area contributed by atoms with Crippen LogP contribution in [-0.4, -0.2) is 13.9 Å². The van der Waals surface area contributed by atoms with Gasteiger partial charge in [-0.1, -0.05) is 0 Å². The second kappa shape index (κ2) is 6.30. The van der Waals surface area contributed by atoms with E-state index < -0.39 is 0 Å². The Hall–Kier alpha value is -0.423.